The van der Waals surface area contributed by atoms with Gasteiger partial charge < -0.3 is 0 Å². The second-order valence-corrected chi connectivity index (χ2v) is 6.14. The fourth-order valence-corrected chi connectivity index (χ4v) is 4.30. The molecule has 1 aromatic rings. The highest BCUT2D eigenvalue weighted by atomic mass is 32.1. The second-order valence-electron chi connectivity index (χ2n) is 5.20. The highest BCUT2D eigenvalue weighted by Crippen LogP contribution is 2.59. The first kappa shape index (κ1) is 10.7. The zero-order chi connectivity index (χ0) is 11.1. The fourth-order valence-electron chi connectivity index (χ4n) is 3.46. The van der Waals surface area contributed by atoms with Crippen molar-refractivity contribution in [1.82, 2.24) is 10.4 Å². The number of thiazole rings is 1. The van der Waals surface area contributed by atoms with Gasteiger partial charge in [-0.3, -0.25) is 11.3 Å². The van der Waals surface area contributed by atoms with Gasteiger partial charge in [-0.05, 0) is 37.5 Å². The van der Waals surface area contributed by atoms with E-state index in [4.69, 9.17) is 5.84 Å². The van der Waals surface area contributed by atoms with Crippen molar-refractivity contribution < 1.29 is 0 Å². The van der Waals surface area contributed by atoms with Crippen molar-refractivity contribution >= 4 is 11.3 Å². The van der Waals surface area contributed by atoms with Crippen LogP contribution in [0.2, 0.25) is 0 Å². The van der Waals surface area contributed by atoms with Crippen LogP contribution in [0.15, 0.2) is 5.38 Å². The van der Waals surface area contributed by atoms with Crippen LogP contribution in [0.3, 0.4) is 0 Å². The highest BCUT2D eigenvalue weighted by Gasteiger charge is 2.55. The number of hydrogen-bond acceptors (Lipinski definition) is 4. The van der Waals surface area contributed by atoms with Crippen molar-refractivity contribution in [1.29, 1.82) is 0 Å². The SMILES string of the molecule is Cc1csc(CC(NN)C2C3CCCC32)n1. The topological polar surface area (TPSA) is 50.9 Å². The third-order valence-corrected chi connectivity index (χ3v) is 5.20. The molecule has 3 unspecified atom stereocenters. The van der Waals surface area contributed by atoms with Gasteiger partial charge in [0.25, 0.3) is 0 Å². The summed E-state index contributed by atoms with van der Waals surface area (Å²) in [5.41, 5.74) is 4.15. The van der Waals surface area contributed by atoms with Gasteiger partial charge in [-0.15, -0.1) is 11.3 Å². The Morgan fingerprint density at radius 3 is 2.88 bits per heavy atom. The minimum absolute atomic E-state index is 0.445. The van der Waals surface area contributed by atoms with Crippen LogP contribution in [0, 0.1) is 24.7 Å². The largest absolute Gasteiger partial charge is 0.271 e. The number of rotatable bonds is 4. The average molecular weight is 237 g/mol. The molecule has 2 aliphatic carbocycles. The molecule has 1 heterocycles. The molecule has 0 saturated heterocycles. The molecule has 2 fully saturated rings. The summed E-state index contributed by atoms with van der Waals surface area (Å²) >= 11 is 1.76. The van der Waals surface area contributed by atoms with Gasteiger partial charge >= 0.3 is 0 Å². The molecule has 0 spiro atoms. The number of nitrogens with two attached hydrogens (primary N) is 1. The van der Waals surface area contributed by atoms with Crippen LogP contribution in [0.25, 0.3) is 0 Å². The van der Waals surface area contributed by atoms with Crippen molar-refractivity contribution in [2.24, 2.45) is 23.6 Å². The number of aromatic nitrogens is 1. The Morgan fingerprint density at radius 2 is 2.31 bits per heavy atom. The Labute approximate surface area is 100 Å². The number of fused-ring (bicyclic) bond motifs is 1. The van der Waals surface area contributed by atoms with Crippen molar-refractivity contribution in [3.63, 3.8) is 0 Å². The number of nitrogens with one attached hydrogen (secondary N) is 1. The van der Waals surface area contributed by atoms with E-state index in [1.54, 1.807) is 11.3 Å². The van der Waals surface area contributed by atoms with Gasteiger partial charge in [0.05, 0.1) is 5.01 Å². The summed E-state index contributed by atoms with van der Waals surface area (Å²) in [4.78, 5) is 4.53. The molecular formula is C12H19N3S. The van der Waals surface area contributed by atoms with Gasteiger partial charge in [-0.25, -0.2) is 4.98 Å². The first-order chi connectivity index (χ1) is 7.79. The first-order valence-corrected chi connectivity index (χ1v) is 7.04. The predicted molar refractivity (Wildman–Crippen MR) is 66.0 cm³/mol. The summed E-state index contributed by atoms with van der Waals surface area (Å²) < 4.78 is 0. The Balaban J connectivity index is 1.64. The molecule has 0 bridgehead atoms. The van der Waals surface area contributed by atoms with E-state index in [0.717, 1.165) is 29.9 Å². The highest BCUT2D eigenvalue weighted by molar-refractivity contribution is 7.09. The molecule has 3 rings (SSSR count). The van der Waals surface area contributed by atoms with E-state index in [-0.39, 0.29) is 0 Å². The van der Waals surface area contributed by atoms with Crippen molar-refractivity contribution in [2.45, 2.75) is 38.6 Å². The summed E-state index contributed by atoms with van der Waals surface area (Å²) in [5.74, 6) is 8.44. The molecule has 0 aliphatic heterocycles. The zero-order valence-electron chi connectivity index (χ0n) is 9.65. The number of aryl methyl sites for hydroxylation is 1. The van der Waals surface area contributed by atoms with Crippen LogP contribution in [0.4, 0.5) is 0 Å². The first-order valence-electron chi connectivity index (χ1n) is 6.16. The molecule has 1 aromatic heterocycles. The summed E-state index contributed by atoms with van der Waals surface area (Å²) in [6, 6.07) is 0.445. The molecular weight excluding hydrogens is 218 g/mol. The zero-order valence-corrected chi connectivity index (χ0v) is 10.5. The lowest BCUT2D eigenvalue weighted by atomic mass is 10.0. The number of hydrogen-bond donors (Lipinski definition) is 2. The van der Waals surface area contributed by atoms with Crippen LogP contribution in [-0.2, 0) is 6.42 Å². The monoisotopic (exact) mass is 237 g/mol. The van der Waals surface area contributed by atoms with Crippen LogP contribution in [0.1, 0.15) is 30.0 Å². The molecule has 4 heteroatoms. The summed E-state index contributed by atoms with van der Waals surface area (Å²) in [5, 5.41) is 3.35. The maximum atomic E-state index is 5.70. The molecule has 88 valence electrons. The minimum atomic E-state index is 0.445. The third kappa shape index (κ3) is 1.79. The Morgan fingerprint density at radius 1 is 1.56 bits per heavy atom. The van der Waals surface area contributed by atoms with E-state index in [9.17, 15) is 0 Å². The van der Waals surface area contributed by atoms with Gasteiger partial charge in [0.2, 0.25) is 0 Å². The Kier molecular flexibility index (Phi) is 2.73. The van der Waals surface area contributed by atoms with Crippen molar-refractivity contribution in [2.75, 3.05) is 0 Å². The van der Waals surface area contributed by atoms with E-state index in [2.05, 4.69) is 22.7 Å². The maximum Gasteiger partial charge on any atom is 0.0944 e. The summed E-state index contributed by atoms with van der Waals surface area (Å²) in [7, 11) is 0. The normalized spacial score (nSPS) is 33.8. The minimum Gasteiger partial charge on any atom is -0.271 e. The predicted octanol–water partition coefficient (Wildman–Crippen LogP) is 1.87. The number of hydrazine groups is 1. The lowest BCUT2D eigenvalue weighted by Crippen LogP contribution is -2.39. The van der Waals surface area contributed by atoms with Gasteiger partial charge in [0.15, 0.2) is 0 Å². The quantitative estimate of drug-likeness (QED) is 0.621. The fraction of sp³-hybridized carbons (Fsp3) is 0.750. The van der Waals surface area contributed by atoms with Gasteiger partial charge in [-0.1, -0.05) is 6.42 Å². The van der Waals surface area contributed by atoms with E-state index in [0.29, 0.717) is 6.04 Å². The lowest BCUT2D eigenvalue weighted by molar-refractivity contribution is 0.409. The van der Waals surface area contributed by atoms with Gasteiger partial charge in [0.1, 0.15) is 0 Å². The third-order valence-electron chi connectivity index (χ3n) is 4.21. The molecule has 3 N–H and O–H groups in total. The molecule has 2 saturated carbocycles. The molecule has 0 amide bonds. The molecule has 0 aromatic carbocycles. The molecule has 3 nitrogen and oxygen atoms in total. The second kappa shape index (κ2) is 4.09. The average Bonchev–Trinajstić information content (AvgIpc) is 2.70. The van der Waals surface area contributed by atoms with Crippen LogP contribution in [0.5, 0.6) is 0 Å². The molecule has 0 radical (unpaired) electrons. The standard InChI is InChI=1S/C12H19N3S/c1-7-6-16-11(14-7)5-10(15-13)12-8-3-2-4-9(8)12/h6,8-10,12,15H,2-5,13H2,1H3. The lowest BCUT2D eigenvalue weighted by Gasteiger charge is -2.16. The number of nitrogens with zero attached hydrogens (tertiary/aromatic N) is 1. The molecule has 2 aliphatic rings. The van der Waals surface area contributed by atoms with Crippen LogP contribution in [-0.4, -0.2) is 11.0 Å². The Hall–Kier alpha value is -0.450. The summed E-state index contributed by atoms with van der Waals surface area (Å²) in [6.45, 7) is 2.05. The van der Waals surface area contributed by atoms with E-state index in [1.165, 1.54) is 24.3 Å². The van der Waals surface area contributed by atoms with Crippen LogP contribution >= 0.6 is 11.3 Å². The van der Waals surface area contributed by atoms with Gasteiger partial charge in [0, 0.05) is 23.5 Å². The van der Waals surface area contributed by atoms with Crippen LogP contribution < -0.4 is 11.3 Å². The summed E-state index contributed by atoms with van der Waals surface area (Å²) in [6.07, 6.45) is 5.28. The van der Waals surface area contributed by atoms with Crippen molar-refractivity contribution in [3.05, 3.63) is 16.1 Å². The van der Waals surface area contributed by atoms with Gasteiger partial charge in [-0.2, -0.15) is 0 Å². The van der Waals surface area contributed by atoms with E-state index < -0.39 is 0 Å². The van der Waals surface area contributed by atoms with E-state index in [1.807, 2.05) is 0 Å². The molecule has 16 heavy (non-hydrogen) atoms. The Bertz CT molecular complexity index is 366. The van der Waals surface area contributed by atoms with E-state index >= 15 is 0 Å². The maximum absolute atomic E-state index is 5.70. The van der Waals surface area contributed by atoms with Crippen molar-refractivity contribution in [3.8, 4) is 0 Å². The molecule has 3 atom stereocenters. The smallest absolute Gasteiger partial charge is 0.0944 e.